The monoisotopic (exact) mass is 164 g/mol. The molecule has 3 heteroatoms. The summed E-state index contributed by atoms with van der Waals surface area (Å²) in [7, 11) is 1.66. The fraction of sp³-hybridized carbons (Fsp3) is 0.444. The van der Waals surface area contributed by atoms with Crippen molar-refractivity contribution >= 4 is 5.82 Å². The summed E-state index contributed by atoms with van der Waals surface area (Å²) in [6.45, 7) is 0. The van der Waals surface area contributed by atoms with E-state index in [0.717, 1.165) is 11.6 Å². The molecule has 0 atom stereocenters. The molecule has 1 aromatic rings. The van der Waals surface area contributed by atoms with Gasteiger partial charge in [0.25, 0.3) is 0 Å². The number of aromatic nitrogens is 1. The Kier molecular flexibility index (Phi) is 1.86. The molecule has 64 valence electrons. The van der Waals surface area contributed by atoms with Crippen LogP contribution in [0.15, 0.2) is 18.3 Å². The van der Waals surface area contributed by atoms with Crippen molar-refractivity contribution in [2.45, 2.75) is 18.9 Å². The molecule has 1 aliphatic rings. The molecule has 0 bridgehead atoms. The van der Waals surface area contributed by atoms with Crippen LogP contribution in [0.4, 0.5) is 5.82 Å². The van der Waals surface area contributed by atoms with Gasteiger partial charge in [-0.05, 0) is 18.9 Å². The first-order valence-corrected chi connectivity index (χ1v) is 4.15. The molecule has 1 saturated carbocycles. The van der Waals surface area contributed by atoms with Crippen LogP contribution in [0.5, 0.6) is 5.75 Å². The fourth-order valence-electron chi connectivity index (χ4n) is 1.05. The highest BCUT2D eigenvalue weighted by molar-refractivity contribution is 5.42. The lowest BCUT2D eigenvalue weighted by Crippen LogP contribution is -2.02. The summed E-state index contributed by atoms with van der Waals surface area (Å²) in [5.41, 5.74) is 0. The Hall–Kier alpha value is -1.25. The predicted octanol–water partition coefficient (Wildman–Crippen LogP) is 1.66. The molecule has 0 saturated heterocycles. The van der Waals surface area contributed by atoms with Crippen LogP contribution >= 0.6 is 0 Å². The average Bonchev–Trinajstić information content (AvgIpc) is 2.89. The molecule has 0 spiro atoms. The van der Waals surface area contributed by atoms with Crippen molar-refractivity contribution in [3.63, 3.8) is 0 Å². The van der Waals surface area contributed by atoms with Gasteiger partial charge >= 0.3 is 0 Å². The summed E-state index contributed by atoms with van der Waals surface area (Å²) in [6.07, 6.45) is 4.28. The van der Waals surface area contributed by atoms with E-state index in [1.54, 1.807) is 13.3 Å². The Morgan fingerprint density at radius 3 is 3.08 bits per heavy atom. The van der Waals surface area contributed by atoms with Crippen LogP contribution in [-0.4, -0.2) is 18.1 Å². The maximum Gasteiger partial charge on any atom is 0.129 e. The van der Waals surface area contributed by atoms with E-state index in [4.69, 9.17) is 4.74 Å². The van der Waals surface area contributed by atoms with Gasteiger partial charge in [0.15, 0.2) is 0 Å². The number of ether oxygens (including phenoxy) is 1. The first kappa shape index (κ1) is 7.40. The summed E-state index contributed by atoms with van der Waals surface area (Å²) in [5.74, 6) is 1.77. The number of anilines is 1. The van der Waals surface area contributed by atoms with Crippen LogP contribution < -0.4 is 10.1 Å². The first-order chi connectivity index (χ1) is 5.88. The molecular weight excluding hydrogens is 152 g/mol. The van der Waals surface area contributed by atoms with Crippen LogP contribution in [0, 0.1) is 0 Å². The largest absolute Gasteiger partial charge is 0.497 e. The van der Waals surface area contributed by atoms with E-state index in [-0.39, 0.29) is 0 Å². The minimum Gasteiger partial charge on any atom is -0.497 e. The van der Waals surface area contributed by atoms with Gasteiger partial charge in [0.1, 0.15) is 11.6 Å². The van der Waals surface area contributed by atoms with Crippen LogP contribution in [0.3, 0.4) is 0 Å². The maximum atomic E-state index is 5.08. The van der Waals surface area contributed by atoms with Crippen molar-refractivity contribution in [1.29, 1.82) is 0 Å². The molecule has 0 amide bonds. The van der Waals surface area contributed by atoms with E-state index in [1.165, 1.54) is 12.8 Å². The van der Waals surface area contributed by atoms with Crippen molar-refractivity contribution < 1.29 is 4.74 Å². The second-order valence-corrected chi connectivity index (χ2v) is 3.00. The zero-order valence-corrected chi connectivity index (χ0v) is 7.08. The van der Waals surface area contributed by atoms with E-state index in [9.17, 15) is 0 Å². The molecule has 0 unspecified atom stereocenters. The molecule has 1 aromatic heterocycles. The van der Waals surface area contributed by atoms with Crippen LogP contribution in [0.25, 0.3) is 0 Å². The Balaban J connectivity index is 2.08. The number of hydrogen-bond acceptors (Lipinski definition) is 3. The van der Waals surface area contributed by atoms with Gasteiger partial charge in [-0.3, -0.25) is 0 Å². The Morgan fingerprint density at radius 1 is 1.58 bits per heavy atom. The SMILES string of the molecule is COc1ccnc(NC2CC2)c1. The lowest BCUT2D eigenvalue weighted by atomic mass is 10.4. The van der Waals surface area contributed by atoms with Gasteiger partial charge < -0.3 is 10.1 Å². The summed E-state index contributed by atoms with van der Waals surface area (Å²) < 4.78 is 5.08. The minimum atomic E-state index is 0.643. The van der Waals surface area contributed by atoms with Gasteiger partial charge in [-0.1, -0.05) is 0 Å². The molecule has 1 N–H and O–H groups in total. The van der Waals surface area contributed by atoms with Gasteiger partial charge in [-0.15, -0.1) is 0 Å². The van der Waals surface area contributed by atoms with Gasteiger partial charge in [-0.25, -0.2) is 4.98 Å². The second kappa shape index (κ2) is 3.01. The van der Waals surface area contributed by atoms with Crippen molar-refractivity contribution in [3.05, 3.63) is 18.3 Å². The Labute approximate surface area is 71.8 Å². The summed E-state index contributed by atoms with van der Waals surface area (Å²) in [6, 6.07) is 4.40. The smallest absolute Gasteiger partial charge is 0.129 e. The van der Waals surface area contributed by atoms with E-state index < -0.39 is 0 Å². The van der Waals surface area contributed by atoms with Gasteiger partial charge in [0.05, 0.1) is 7.11 Å². The number of rotatable bonds is 3. The molecular formula is C9H12N2O. The third-order valence-electron chi connectivity index (χ3n) is 1.90. The fourth-order valence-corrected chi connectivity index (χ4v) is 1.05. The third kappa shape index (κ3) is 1.67. The Morgan fingerprint density at radius 2 is 2.42 bits per heavy atom. The number of nitrogens with zero attached hydrogens (tertiary/aromatic N) is 1. The van der Waals surface area contributed by atoms with Crippen molar-refractivity contribution in [2.75, 3.05) is 12.4 Å². The summed E-state index contributed by atoms with van der Waals surface area (Å²) in [5, 5.41) is 3.30. The minimum absolute atomic E-state index is 0.643. The van der Waals surface area contributed by atoms with Gasteiger partial charge in [-0.2, -0.15) is 0 Å². The number of methoxy groups -OCH3 is 1. The summed E-state index contributed by atoms with van der Waals surface area (Å²) >= 11 is 0. The summed E-state index contributed by atoms with van der Waals surface area (Å²) in [4.78, 5) is 4.18. The standard InChI is InChI=1S/C9H12N2O/c1-12-8-4-5-10-9(6-8)11-7-2-3-7/h4-7H,2-3H2,1H3,(H,10,11). The lowest BCUT2D eigenvalue weighted by molar-refractivity contribution is 0.414. The second-order valence-electron chi connectivity index (χ2n) is 3.00. The molecule has 2 rings (SSSR count). The van der Waals surface area contributed by atoms with Crippen LogP contribution in [0.2, 0.25) is 0 Å². The highest BCUT2D eigenvalue weighted by Gasteiger charge is 2.21. The van der Waals surface area contributed by atoms with Crippen LogP contribution in [0.1, 0.15) is 12.8 Å². The normalized spacial score (nSPS) is 15.8. The van der Waals surface area contributed by atoms with E-state index in [1.807, 2.05) is 12.1 Å². The topological polar surface area (TPSA) is 34.1 Å². The maximum absolute atomic E-state index is 5.08. The van der Waals surface area contributed by atoms with Crippen molar-refractivity contribution in [3.8, 4) is 5.75 Å². The molecule has 1 fully saturated rings. The molecule has 1 heterocycles. The average molecular weight is 164 g/mol. The van der Waals surface area contributed by atoms with Gasteiger partial charge in [0, 0.05) is 18.3 Å². The van der Waals surface area contributed by atoms with Crippen LogP contribution in [-0.2, 0) is 0 Å². The first-order valence-electron chi connectivity index (χ1n) is 4.15. The van der Waals surface area contributed by atoms with E-state index >= 15 is 0 Å². The third-order valence-corrected chi connectivity index (χ3v) is 1.90. The van der Waals surface area contributed by atoms with Crippen molar-refractivity contribution in [2.24, 2.45) is 0 Å². The zero-order valence-electron chi connectivity index (χ0n) is 7.08. The van der Waals surface area contributed by atoms with E-state index in [2.05, 4.69) is 10.3 Å². The lowest BCUT2D eigenvalue weighted by Gasteiger charge is -2.04. The molecule has 3 nitrogen and oxygen atoms in total. The van der Waals surface area contributed by atoms with Crippen molar-refractivity contribution in [1.82, 2.24) is 4.98 Å². The highest BCUT2D eigenvalue weighted by atomic mass is 16.5. The molecule has 12 heavy (non-hydrogen) atoms. The number of hydrogen-bond donors (Lipinski definition) is 1. The number of pyridine rings is 1. The predicted molar refractivity (Wildman–Crippen MR) is 47.4 cm³/mol. The molecule has 1 aliphatic carbocycles. The zero-order chi connectivity index (χ0) is 8.39. The molecule has 0 aromatic carbocycles. The van der Waals surface area contributed by atoms with Gasteiger partial charge in [0.2, 0.25) is 0 Å². The molecule has 0 radical (unpaired) electrons. The van der Waals surface area contributed by atoms with E-state index in [0.29, 0.717) is 6.04 Å². The molecule has 0 aliphatic heterocycles. The quantitative estimate of drug-likeness (QED) is 0.737. The number of nitrogens with one attached hydrogen (secondary N) is 1. The Bertz CT molecular complexity index is 271. The highest BCUT2D eigenvalue weighted by Crippen LogP contribution is 2.24.